The van der Waals surface area contributed by atoms with Gasteiger partial charge in [-0.15, -0.1) is 0 Å². The lowest BCUT2D eigenvalue weighted by Gasteiger charge is -2.07. The fourth-order valence-electron chi connectivity index (χ4n) is 1.75. The lowest BCUT2D eigenvalue weighted by Crippen LogP contribution is -2.04. The lowest BCUT2D eigenvalue weighted by atomic mass is 10.1. The van der Waals surface area contributed by atoms with Crippen molar-refractivity contribution in [3.05, 3.63) is 58.9 Å². The van der Waals surface area contributed by atoms with Crippen molar-refractivity contribution in [1.82, 2.24) is 0 Å². The molecule has 0 atom stereocenters. The zero-order valence-corrected chi connectivity index (χ0v) is 11.4. The van der Waals surface area contributed by atoms with Crippen LogP contribution >= 0.6 is 11.6 Å². The van der Waals surface area contributed by atoms with Crippen molar-refractivity contribution in [1.29, 1.82) is 0 Å². The topological polar surface area (TPSA) is 21.3 Å². The van der Waals surface area contributed by atoms with Gasteiger partial charge in [0.05, 0.1) is 12.1 Å². The van der Waals surface area contributed by atoms with Crippen molar-refractivity contribution in [2.45, 2.75) is 6.42 Å². The Morgan fingerprint density at radius 1 is 1.16 bits per heavy atom. The highest BCUT2D eigenvalue weighted by atomic mass is 35.5. The molecule has 0 aliphatic carbocycles. The molecule has 19 heavy (non-hydrogen) atoms. The average Bonchev–Trinajstić information content (AvgIpc) is 2.43. The summed E-state index contributed by atoms with van der Waals surface area (Å²) in [5, 5.41) is 3.34. The van der Waals surface area contributed by atoms with E-state index >= 15 is 0 Å². The summed E-state index contributed by atoms with van der Waals surface area (Å²) in [5.74, 6) is 0.449. The Bertz CT molecular complexity index is 542. The van der Waals surface area contributed by atoms with Crippen LogP contribution in [0.2, 0.25) is 5.02 Å². The van der Waals surface area contributed by atoms with Gasteiger partial charge in [-0.1, -0.05) is 23.7 Å². The molecule has 0 saturated carbocycles. The first-order valence-corrected chi connectivity index (χ1v) is 6.38. The van der Waals surface area contributed by atoms with Crippen LogP contribution in [0.4, 0.5) is 10.1 Å². The van der Waals surface area contributed by atoms with Gasteiger partial charge in [-0.3, -0.25) is 0 Å². The van der Waals surface area contributed by atoms with Gasteiger partial charge in [0.25, 0.3) is 0 Å². The first kappa shape index (κ1) is 13.7. The molecule has 0 unspecified atom stereocenters. The van der Waals surface area contributed by atoms with Gasteiger partial charge in [0.15, 0.2) is 0 Å². The lowest BCUT2D eigenvalue weighted by molar-refractivity contribution is 0.414. The molecule has 2 rings (SSSR count). The van der Waals surface area contributed by atoms with Crippen LogP contribution in [0.3, 0.4) is 0 Å². The van der Waals surface area contributed by atoms with Crippen LogP contribution in [-0.4, -0.2) is 13.7 Å². The number of nitrogens with one attached hydrogen (secondary N) is 1. The summed E-state index contributed by atoms with van der Waals surface area (Å²) in [6.45, 7) is 0.758. The second-order valence-corrected chi connectivity index (χ2v) is 4.56. The van der Waals surface area contributed by atoms with Crippen LogP contribution in [-0.2, 0) is 6.42 Å². The maximum Gasteiger partial charge on any atom is 0.141 e. The minimum Gasteiger partial charge on any atom is -0.497 e. The van der Waals surface area contributed by atoms with E-state index in [1.54, 1.807) is 19.2 Å². The Morgan fingerprint density at radius 3 is 2.53 bits per heavy atom. The Hall–Kier alpha value is -1.74. The Morgan fingerprint density at radius 2 is 1.89 bits per heavy atom. The van der Waals surface area contributed by atoms with E-state index in [0.29, 0.717) is 0 Å². The van der Waals surface area contributed by atoms with Crippen LogP contribution in [0.1, 0.15) is 5.56 Å². The van der Waals surface area contributed by atoms with Crippen LogP contribution in [0.25, 0.3) is 0 Å². The maximum absolute atomic E-state index is 13.0. The summed E-state index contributed by atoms with van der Waals surface area (Å²) in [4.78, 5) is 0. The van der Waals surface area contributed by atoms with Crippen LogP contribution in [0, 0.1) is 5.82 Å². The minimum absolute atomic E-state index is 0.134. The molecule has 1 N–H and O–H groups in total. The van der Waals surface area contributed by atoms with Gasteiger partial charge in [0, 0.05) is 12.2 Å². The molecule has 0 aromatic heterocycles. The summed E-state index contributed by atoms with van der Waals surface area (Å²) < 4.78 is 18.1. The molecule has 0 spiro atoms. The molecule has 2 aromatic rings. The van der Waals surface area contributed by atoms with Gasteiger partial charge in [0.1, 0.15) is 11.6 Å². The van der Waals surface area contributed by atoms with E-state index in [9.17, 15) is 4.39 Å². The van der Waals surface area contributed by atoms with Crippen molar-refractivity contribution in [3.8, 4) is 5.75 Å². The fraction of sp³-hybridized carbons (Fsp3) is 0.200. The van der Waals surface area contributed by atoms with Gasteiger partial charge < -0.3 is 10.1 Å². The van der Waals surface area contributed by atoms with Crippen molar-refractivity contribution >= 4 is 17.3 Å². The molecule has 4 heteroatoms. The van der Waals surface area contributed by atoms with Crippen molar-refractivity contribution < 1.29 is 9.13 Å². The van der Waals surface area contributed by atoms with E-state index in [0.717, 1.165) is 24.4 Å². The zero-order valence-electron chi connectivity index (χ0n) is 10.6. The van der Waals surface area contributed by atoms with Gasteiger partial charge in [0.2, 0.25) is 0 Å². The number of methoxy groups -OCH3 is 1. The molecule has 0 radical (unpaired) electrons. The van der Waals surface area contributed by atoms with Crippen molar-refractivity contribution in [2.24, 2.45) is 0 Å². The summed E-state index contributed by atoms with van der Waals surface area (Å²) in [5.41, 5.74) is 2.03. The molecule has 0 aliphatic heterocycles. The van der Waals surface area contributed by atoms with Gasteiger partial charge in [-0.25, -0.2) is 4.39 Å². The highest BCUT2D eigenvalue weighted by molar-refractivity contribution is 6.31. The van der Waals surface area contributed by atoms with E-state index in [-0.39, 0.29) is 5.02 Å². The minimum atomic E-state index is -0.401. The van der Waals surface area contributed by atoms with Crippen molar-refractivity contribution in [2.75, 3.05) is 19.0 Å². The predicted molar refractivity (Wildman–Crippen MR) is 76.6 cm³/mol. The van der Waals surface area contributed by atoms with E-state index < -0.39 is 5.82 Å². The van der Waals surface area contributed by atoms with E-state index in [1.165, 1.54) is 11.6 Å². The normalized spacial score (nSPS) is 10.3. The third kappa shape index (κ3) is 3.86. The highest BCUT2D eigenvalue weighted by Gasteiger charge is 2.00. The molecule has 2 nitrogen and oxygen atoms in total. The van der Waals surface area contributed by atoms with Gasteiger partial charge in [-0.2, -0.15) is 0 Å². The quantitative estimate of drug-likeness (QED) is 0.888. The van der Waals surface area contributed by atoms with Crippen molar-refractivity contribution in [3.63, 3.8) is 0 Å². The smallest absolute Gasteiger partial charge is 0.141 e. The third-order valence-electron chi connectivity index (χ3n) is 2.82. The number of benzene rings is 2. The molecule has 0 saturated heterocycles. The monoisotopic (exact) mass is 279 g/mol. The number of anilines is 1. The van der Waals surface area contributed by atoms with E-state index in [2.05, 4.69) is 5.32 Å². The van der Waals surface area contributed by atoms with Gasteiger partial charge >= 0.3 is 0 Å². The zero-order chi connectivity index (χ0) is 13.7. The Balaban J connectivity index is 1.86. The number of rotatable bonds is 5. The second kappa shape index (κ2) is 6.43. The van der Waals surface area contributed by atoms with E-state index in [1.807, 2.05) is 24.3 Å². The molecule has 0 fully saturated rings. The Kier molecular flexibility index (Phi) is 4.63. The number of hydrogen-bond donors (Lipinski definition) is 1. The first-order chi connectivity index (χ1) is 9.19. The summed E-state index contributed by atoms with van der Waals surface area (Å²) >= 11 is 5.71. The molecule has 2 aromatic carbocycles. The fourth-order valence-corrected chi connectivity index (χ4v) is 1.93. The summed E-state index contributed by atoms with van der Waals surface area (Å²) in [6.07, 6.45) is 0.874. The SMILES string of the molecule is COc1ccc(CCNc2ccc(F)c(Cl)c2)cc1. The maximum atomic E-state index is 13.0. The second-order valence-electron chi connectivity index (χ2n) is 4.15. The highest BCUT2D eigenvalue weighted by Crippen LogP contribution is 2.19. The summed E-state index contributed by atoms with van der Waals surface area (Å²) in [7, 11) is 1.65. The molecule has 0 bridgehead atoms. The molecule has 100 valence electrons. The molecular formula is C15H15ClFNO. The molecule has 0 heterocycles. The predicted octanol–water partition coefficient (Wildman–Crippen LogP) is 4.14. The largest absolute Gasteiger partial charge is 0.497 e. The standard InChI is InChI=1S/C15H15ClFNO/c1-19-13-5-2-11(3-6-13)8-9-18-12-4-7-15(17)14(16)10-12/h2-7,10,18H,8-9H2,1H3. The Labute approximate surface area is 117 Å². The number of halogens is 2. The van der Waals surface area contributed by atoms with Crippen LogP contribution in [0.15, 0.2) is 42.5 Å². The van der Waals surface area contributed by atoms with Crippen LogP contribution in [0.5, 0.6) is 5.75 Å². The molecule has 0 aliphatic rings. The molecule has 0 amide bonds. The van der Waals surface area contributed by atoms with Gasteiger partial charge in [-0.05, 0) is 42.3 Å². The third-order valence-corrected chi connectivity index (χ3v) is 3.11. The first-order valence-electron chi connectivity index (χ1n) is 6.01. The van der Waals surface area contributed by atoms with E-state index in [4.69, 9.17) is 16.3 Å². The molecular weight excluding hydrogens is 265 g/mol. The summed E-state index contributed by atoms with van der Waals surface area (Å²) in [6, 6.07) is 12.5. The number of hydrogen-bond acceptors (Lipinski definition) is 2. The average molecular weight is 280 g/mol. The van der Waals surface area contributed by atoms with Crippen LogP contribution < -0.4 is 10.1 Å². The number of ether oxygens (including phenoxy) is 1.